The van der Waals surface area contributed by atoms with Crippen molar-refractivity contribution in [2.45, 2.75) is 19.9 Å². The molecule has 110 valence electrons. The average Bonchev–Trinajstić information content (AvgIpc) is 2.37. The van der Waals surface area contributed by atoms with Gasteiger partial charge in [0.1, 0.15) is 5.65 Å². The molecular weight excluding hydrogens is 270 g/mol. The Bertz CT molecular complexity index is 747. The van der Waals surface area contributed by atoms with E-state index >= 15 is 0 Å². The lowest BCUT2D eigenvalue weighted by atomic mass is 9.96. The lowest BCUT2D eigenvalue weighted by Crippen LogP contribution is -2.47. The first-order chi connectivity index (χ1) is 10.0. The van der Waals surface area contributed by atoms with Crippen LogP contribution in [-0.2, 0) is 11.3 Å². The average molecular weight is 287 g/mol. The number of nitrogens with zero attached hydrogens (tertiary/aromatic N) is 3. The van der Waals surface area contributed by atoms with Crippen molar-refractivity contribution in [3.8, 4) is 0 Å². The minimum Gasteiger partial charge on any atom is -0.481 e. The van der Waals surface area contributed by atoms with Gasteiger partial charge >= 0.3 is 5.97 Å². The normalized spacial score (nSPS) is 16.0. The molecule has 0 bridgehead atoms. The van der Waals surface area contributed by atoms with E-state index in [1.807, 2.05) is 19.1 Å². The quantitative estimate of drug-likeness (QED) is 0.904. The number of carboxylic acid groups (broad SMARTS) is 1. The number of aromatic nitrogens is 2. The third-order valence-electron chi connectivity index (χ3n) is 3.82. The molecular formula is C15H17N3O3. The van der Waals surface area contributed by atoms with Crippen LogP contribution in [0.25, 0.3) is 5.65 Å². The third kappa shape index (κ3) is 2.80. The second kappa shape index (κ2) is 5.29. The molecule has 0 aliphatic carbocycles. The molecule has 3 rings (SSSR count). The van der Waals surface area contributed by atoms with E-state index in [1.165, 1.54) is 0 Å². The van der Waals surface area contributed by atoms with Gasteiger partial charge in [-0.25, -0.2) is 4.98 Å². The smallest absolute Gasteiger partial charge is 0.303 e. The Kier molecular flexibility index (Phi) is 3.47. The van der Waals surface area contributed by atoms with Crippen molar-refractivity contribution in [2.24, 2.45) is 5.92 Å². The van der Waals surface area contributed by atoms with E-state index in [4.69, 9.17) is 5.11 Å². The monoisotopic (exact) mass is 287 g/mol. The molecule has 6 nitrogen and oxygen atoms in total. The number of likely N-dealkylation sites (tertiary alicyclic amines) is 1. The maximum Gasteiger partial charge on any atom is 0.303 e. The van der Waals surface area contributed by atoms with Crippen molar-refractivity contribution in [1.82, 2.24) is 14.3 Å². The van der Waals surface area contributed by atoms with E-state index in [1.54, 1.807) is 16.7 Å². The van der Waals surface area contributed by atoms with Gasteiger partial charge in [0.05, 0.1) is 12.1 Å². The van der Waals surface area contributed by atoms with Gasteiger partial charge in [0.15, 0.2) is 0 Å². The number of aliphatic carboxylic acids is 1. The molecule has 2 aromatic heterocycles. The number of pyridine rings is 1. The van der Waals surface area contributed by atoms with Crippen molar-refractivity contribution in [3.63, 3.8) is 0 Å². The van der Waals surface area contributed by atoms with Crippen LogP contribution in [0.4, 0.5) is 0 Å². The Hall–Kier alpha value is -2.21. The summed E-state index contributed by atoms with van der Waals surface area (Å²) in [6.45, 7) is 4.02. The molecule has 0 atom stereocenters. The van der Waals surface area contributed by atoms with Crippen LogP contribution in [0.2, 0.25) is 0 Å². The summed E-state index contributed by atoms with van der Waals surface area (Å²) in [6, 6.07) is 5.31. The molecule has 1 fully saturated rings. The molecule has 0 radical (unpaired) electrons. The molecule has 2 aromatic rings. The van der Waals surface area contributed by atoms with Crippen molar-refractivity contribution in [3.05, 3.63) is 46.0 Å². The van der Waals surface area contributed by atoms with E-state index in [-0.39, 0.29) is 17.9 Å². The summed E-state index contributed by atoms with van der Waals surface area (Å²) in [5.41, 5.74) is 2.30. The SMILES string of the molecule is Cc1cccn2c(=O)cc(CN3CC(CC(=O)O)C3)nc12. The molecule has 1 N–H and O–H groups in total. The van der Waals surface area contributed by atoms with Crippen LogP contribution in [0, 0.1) is 12.8 Å². The van der Waals surface area contributed by atoms with Crippen molar-refractivity contribution >= 4 is 11.6 Å². The highest BCUT2D eigenvalue weighted by molar-refractivity contribution is 5.67. The first-order valence-electron chi connectivity index (χ1n) is 6.95. The molecule has 0 saturated carbocycles. The summed E-state index contributed by atoms with van der Waals surface area (Å²) in [4.78, 5) is 29.4. The standard InChI is InChI=1S/C15H17N3O3/c1-10-3-2-4-18-13(19)6-12(16-15(10)18)9-17-7-11(8-17)5-14(20)21/h2-4,6,11H,5,7-9H2,1H3,(H,20,21). The molecule has 21 heavy (non-hydrogen) atoms. The zero-order chi connectivity index (χ0) is 15.0. The molecule has 0 spiro atoms. The zero-order valence-electron chi connectivity index (χ0n) is 11.8. The number of hydrogen-bond donors (Lipinski definition) is 1. The summed E-state index contributed by atoms with van der Waals surface area (Å²) in [5, 5.41) is 8.74. The maximum atomic E-state index is 12.1. The second-order valence-electron chi connectivity index (χ2n) is 5.63. The van der Waals surface area contributed by atoms with Gasteiger partial charge in [-0.1, -0.05) is 6.07 Å². The molecule has 1 saturated heterocycles. The number of rotatable bonds is 4. The molecule has 1 aliphatic heterocycles. The molecule has 0 amide bonds. The number of carbonyl (C=O) groups is 1. The molecule has 0 aromatic carbocycles. The van der Waals surface area contributed by atoms with E-state index in [0.717, 1.165) is 24.3 Å². The van der Waals surface area contributed by atoms with Crippen LogP contribution < -0.4 is 5.56 Å². The summed E-state index contributed by atoms with van der Waals surface area (Å²) in [6.07, 6.45) is 1.93. The van der Waals surface area contributed by atoms with Gasteiger partial charge in [-0.2, -0.15) is 0 Å². The van der Waals surface area contributed by atoms with E-state index in [2.05, 4.69) is 9.88 Å². The largest absolute Gasteiger partial charge is 0.481 e. The molecule has 1 aliphatic rings. The van der Waals surface area contributed by atoms with Crippen LogP contribution in [0.1, 0.15) is 17.7 Å². The Morgan fingerprint density at radius 1 is 1.48 bits per heavy atom. The van der Waals surface area contributed by atoms with Gasteiger partial charge in [-0.3, -0.25) is 18.9 Å². The minimum atomic E-state index is -0.752. The Morgan fingerprint density at radius 3 is 2.95 bits per heavy atom. The molecule has 3 heterocycles. The van der Waals surface area contributed by atoms with E-state index < -0.39 is 5.97 Å². The van der Waals surface area contributed by atoms with Gasteiger partial charge in [0.2, 0.25) is 0 Å². The van der Waals surface area contributed by atoms with Crippen molar-refractivity contribution < 1.29 is 9.90 Å². The topological polar surface area (TPSA) is 74.9 Å². The predicted molar refractivity (Wildman–Crippen MR) is 77.2 cm³/mol. The maximum absolute atomic E-state index is 12.1. The van der Waals surface area contributed by atoms with Gasteiger partial charge in [-0.05, 0) is 24.5 Å². The summed E-state index contributed by atoms with van der Waals surface area (Å²) >= 11 is 0. The summed E-state index contributed by atoms with van der Waals surface area (Å²) in [5.74, 6) is -0.539. The minimum absolute atomic E-state index is 0.0821. The van der Waals surface area contributed by atoms with Gasteiger partial charge in [-0.15, -0.1) is 0 Å². The Labute approximate surface area is 121 Å². The summed E-state index contributed by atoms with van der Waals surface area (Å²) < 4.78 is 1.54. The van der Waals surface area contributed by atoms with Gasteiger partial charge < -0.3 is 5.11 Å². The highest BCUT2D eigenvalue weighted by atomic mass is 16.4. The van der Waals surface area contributed by atoms with Gasteiger partial charge in [0.25, 0.3) is 5.56 Å². The Balaban J connectivity index is 1.76. The first-order valence-corrected chi connectivity index (χ1v) is 6.95. The lowest BCUT2D eigenvalue weighted by molar-refractivity contribution is -0.139. The number of fused-ring (bicyclic) bond motifs is 1. The Morgan fingerprint density at radius 2 is 2.24 bits per heavy atom. The highest BCUT2D eigenvalue weighted by Gasteiger charge is 2.28. The second-order valence-corrected chi connectivity index (χ2v) is 5.63. The van der Waals surface area contributed by atoms with Crippen LogP contribution in [0.3, 0.4) is 0 Å². The summed E-state index contributed by atoms with van der Waals surface area (Å²) in [7, 11) is 0. The van der Waals surface area contributed by atoms with Crippen molar-refractivity contribution in [1.29, 1.82) is 0 Å². The van der Waals surface area contributed by atoms with Crippen LogP contribution in [-0.4, -0.2) is 38.4 Å². The fourth-order valence-electron chi connectivity index (χ4n) is 2.80. The van der Waals surface area contributed by atoms with E-state index in [9.17, 15) is 9.59 Å². The zero-order valence-corrected chi connectivity index (χ0v) is 11.8. The number of hydrogen-bond acceptors (Lipinski definition) is 4. The van der Waals surface area contributed by atoms with Crippen LogP contribution >= 0.6 is 0 Å². The fourth-order valence-corrected chi connectivity index (χ4v) is 2.80. The number of carboxylic acids is 1. The van der Waals surface area contributed by atoms with E-state index in [0.29, 0.717) is 12.2 Å². The van der Waals surface area contributed by atoms with Gasteiger partial charge in [0, 0.05) is 31.9 Å². The van der Waals surface area contributed by atoms with Crippen LogP contribution in [0.5, 0.6) is 0 Å². The lowest BCUT2D eigenvalue weighted by Gasteiger charge is -2.38. The van der Waals surface area contributed by atoms with Crippen LogP contribution in [0.15, 0.2) is 29.2 Å². The molecule has 0 unspecified atom stereocenters. The van der Waals surface area contributed by atoms with Crippen molar-refractivity contribution in [2.75, 3.05) is 13.1 Å². The number of aryl methyl sites for hydroxylation is 1. The highest BCUT2D eigenvalue weighted by Crippen LogP contribution is 2.20. The first kappa shape index (κ1) is 13.8. The predicted octanol–water partition coefficient (Wildman–Crippen LogP) is 0.909. The molecule has 6 heteroatoms. The third-order valence-corrected chi connectivity index (χ3v) is 3.82. The fraction of sp³-hybridized carbons (Fsp3) is 0.400.